The van der Waals surface area contributed by atoms with Crippen molar-refractivity contribution in [2.75, 3.05) is 32.6 Å². The van der Waals surface area contributed by atoms with Gasteiger partial charge in [0.1, 0.15) is 17.0 Å². The largest absolute Gasteiger partial charge is 0.383 e. The van der Waals surface area contributed by atoms with Crippen LogP contribution in [0.2, 0.25) is 0 Å². The number of fused-ring (bicyclic) bond motifs is 2. The fraction of sp³-hybridized carbons (Fsp3) is 0.409. The molecular formula is C22H26N4O2S. The van der Waals surface area contributed by atoms with E-state index in [0.29, 0.717) is 18.0 Å². The van der Waals surface area contributed by atoms with Gasteiger partial charge in [-0.05, 0) is 42.9 Å². The van der Waals surface area contributed by atoms with Crippen molar-refractivity contribution < 1.29 is 9.53 Å². The maximum Gasteiger partial charge on any atom is 0.264 e. The number of anilines is 1. The molecule has 0 bridgehead atoms. The van der Waals surface area contributed by atoms with Crippen molar-refractivity contribution in [2.24, 2.45) is 0 Å². The average molecular weight is 411 g/mol. The third kappa shape index (κ3) is 3.84. The Bertz CT molecular complexity index is 1030. The minimum Gasteiger partial charge on any atom is -0.383 e. The van der Waals surface area contributed by atoms with Crippen molar-refractivity contribution in [1.82, 2.24) is 14.9 Å². The summed E-state index contributed by atoms with van der Waals surface area (Å²) >= 11 is 1.43. The second kappa shape index (κ2) is 8.47. The number of amides is 1. The number of thiophene rings is 1. The Hall–Kier alpha value is -2.51. The van der Waals surface area contributed by atoms with Crippen LogP contribution in [0.1, 0.15) is 45.2 Å². The lowest BCUT2D eigenvalue weighted by Crippen LogP contribution is -2.29. The van der Waals surface area contributed by atoms with Gasteiger partial charge in [-0.1, -0.05) is 24.3 Å². The molecule has 0 saturated carbocycles. The number of likely N-dealkylation sites (N-methyl/N-ethyl adjacent to an activating group) is 1. The molecule has 0 radical (unpaired) electrons. The van der Waals surface area contributed by atoms with Crippen LogP contribution in [-0.4, -0.2) is 48.1 Å². The Morgan fingerprint density at radius 2 is 2.17 bits per heavy atom. The molecule has 4 rings (SSSR count). The lowest BCUT2D eigenvalue weighted by atomic mass is 9.87. The highest BCUT2D eigenvalue weighted by molar-refractivity contribution is 7.20. The Balaban J connectivity index is 1.67. The smallest absolute Gasteiger partial charge is 0.264 e. The predicted molar refractivity (Wildman–Crippen MR) is 117 cm³/mol. The number of carbonyl (C=O) groups excluding carboxylic acids is 1. The van der Waals surface area contributed by atoms with E-state index in [2.05, 4.69) is 39.6 Å². The number of methoxy groups -OCH3 is 1. The molecule has 1 amide bonds. The standard InChI is InChI=1S/C22H26N4O2S/c1-14-18-20(25-17-10-6-8-15-7-4-5-9-16(15)17)23-13-24-21(18)29-19(14)22(27)26(2)11-12-28-3/h4-5,7,9,13,17H,6,8,10-12H2,1-3H3,(H,23,24,25). The van der Waals surface area contributed by atoms with Gasteiger partial charge in [0.2, 0.25) is 0 Å². The van der Waals surface area contributed by atoms with Crippen LogP contribution in [0.25, 0.3) is 10.2 Å². The van der Waals surface area contributed by atoms with Gasteiger partial charge < -0.3 is 15.0 Å². The first-order valence-electron chi connectivity index (χ1n) is 9.93. The van der Waals surface area contributed by atoms with E-state index < -0.39 is 0 Å². The van der Waals surface area contributed by atoms with E-state index in [1.807, 2.05) is 6.92 Å². The van der Waals surface area contributed by atoms with E-state index in [9.17, 15) is 4.79 Å². The molecule has 29 heavy (non-hydrogen) atoms. The number of benzene rings is 1. The van der Waals surface area contributed by atoms with Crippen LogP contribution in [0.15, 0.2) is 30.6 Å². The molecule has 0 aliphatic heterocycles. The van der Waals surface area contributed by atoms with Crippen LogP contribution in [-0.2, 0) is 11.2 Å². The second-order valence-corrected chi connectivity index (χ2v) is 8.47. The SMILES string of the molecule is COCCN(C)C(=O)c1sc2ncnc(NC3CCCc4ccccc43)c2c1C. The van der Waals surface area contributed by atoms with Crippen LogP contribution in [0.4, 0.5) is 5.82 Å². The van der Waals surface area contributed by atoms with Crippen LogP contribution < -0.4 is 5.32 Å². The zero-order chi connectivity index (χ0) is 20.4. The van der Waals surface area contributed by atoms with Gasteiger partial charge >= 0.3 is 0 Å². The quantitative estimate of drug-likeness (QED) is 0.659. The predicted octanol–water partition coefficient (Wildman–Crippen LogP) is 4.21. The molecular weight excluding hydrogens is 384 g/mol. The maximum absolute atomic E-state index is 12.9. The van der Waals surface area contributed by atoms with Crippen molar-refractivity contribution in [3.05, 3.63) is 52.2 Å². The van der Waals surface area contributed by atoms with Gasteiger partial charge in [-0.2, -0.15) is 0 Å². The molecule has 0 spiro atoms. The summed E-state index contributed by atoms with van der Waals surface area (Å²) in [6.07, 6.45) is 4.92. The molecule has 7 heteroatoms. The lowest BCUT2D eigenvalue weighted by Gasteiger charge is -2.27. The maximum atomic E-state index is 12.9. The number of nitrogens with one attached hydrogen (secondary N) is 1. The van der Waals surface area contributed by atoms with Gasteiger partial charge in [-0.15, -0.1) is 11.3 Å². The third-order valence-corrected chi connectivity index (χ3v) is 6.77. The van der Waals surface area contributed by atoms with Crippen molar-refractivity contribution in [3.63, 3.8) is 0 Å². The first-order valence-corrected chi connectivity index (χ1v) is 10.7. The van der Waals surface area contributed by atoms with Gasteiger partial charge in [0.05, 0.1) is 22.9 Å². The van der Waals surface area contributed by atoms with E-state index >= 15 is 0 Å². The molecule has 2 aromatic heterocycles. The number of aryl methyl sites for hydroxylation is 2. The fourth-order valence-corrected chi connectivity index (χ4v) is 5.10. The Labute approximate surface area is 174 Å². The van der Waals surface area contributed by atoms with Crippen molar-refractivity contribution in [1.29, 1.82) is 0 Å². The van der Waals surface area contributed by atoms with Gasteiger partial charge in [-0.25, -0.2) is 9.97 Å². The van der Waals surface area contributed by atoms with Crippen molar-refractivity contribution in [3.8, 4) is 0 Å². The molecule has 2 heterocycles. The summed E-state index contributed by atoms with van der Waals surface area (Å²) in [5.41, 5.74) is 3.68. The molecule has 1 aromatic carbocycles. The van der Waals surface area contributed by atoms with E-state index in [4.69, 9.17) is 4.74 Å². The summed E-state index contributed by atoms with van der Waals surface area (Å²) in [5, 5.41) is 4.60. The molecule has 0 fully saturated rings. The first-order chi connectivity index (χ1) is 14.1. The zero-order valence-corrected chi connectivity index (χ0v) is 17.9. The highest BCUT2D eigenvalue weighted by atomic mass is 32.1. The summed E-state index contributed by atoms with van der Waals surface area (Å²) in [6.45, 7) is 3.05. The number of hydrogen-bond acceptors (Lipinski definition) is 6. The molecule has 1 atom stereocenters. The fourth-order valence-electron chi connectivity index (χ4n) is 3.96. The molecule has 1 aliphatic carbocycles. The summed E-state index contributed by atoms with van der Waals surface area (Å²) in [6, 6.07) is 8.83. The van der Waals surface area contributed by atoms with E-state index in [-0.39, 0.29) is 11.9 Å². The van der Waals surface area contributed by atoms with Crippen molar-refractivity contribution >= 4 is 33.3 Å². The van der Waals surface area contributed by atoms with Crippen molar-refractivity contribution in [2.45, 2.75) is 32.2 Å². The molecule has 1 unspecified atom stereocenters. The molecule has 152 valence electrons. The van der Waals surface area contributed by atoms with Gasteiger partial charge in [0, 0.05) is 20.7 Å². The highest BCUT2D eigenvalue weighted by Crippen LogP contribution is 2.37. The molecule has 1 aliphatic rings. The lowest BCUT2D eigenvalue weighted by molar-refractivity contribution is 0.0748. The first kappa shape index (κ1) is 19.8. The van der Waals surface area contributed by atoms with E-state index in [1.165, 1.54) is 22.5 Å². The number of hydrogen-bond donors (Lipinski definition) is 1. The van der Waals surface area contributed by atoms with Crippen LogP contribution in [0.5, 0.6) is 0 Å². The summed E-state index contributed by atoms with van der Waals surface area (Å²) in [5.74, 6) is 0.806. The number of ether oxygens (including phenoxy) is 1. The zero-order valence-electron chi connectivity index (χ0n) is 17.1. The van der Waals surface area contributed by atoms with E-state index in [1.54, 1.807) is 25.4 Å². The summed E-state index contributed by atoms with van der Waals surface area (Å²) < 4.78 is 5.10. The Morgan fingerprint density at radius 3 is 3.00 bits per heavy atom. The normalized spacial score (nSPS) is 15.9. The second-order valence-electron chi connectivity index (χ2n) is 7.47. The highest BCUT2D eigenvalue weighted by Gasteiger charge is 2.24. The number of rotatable bonds is 6. The van der Waals surface area contributed by atoms with Gasteiger partial charge in [-0.3, -0.25) is 4.79 Å². The van der Waals surface area contributed by atoms with Crippen LogP contribution in [0.3, 0.4) is 0 Å². The Kier molecular flexibility index (Phi) is 5.78. The monoisotopic (exact) mass is 410 g/mol. The molecule has 1 N–H and O–H groups in total. The third-order valence-electron chi connectivity index (χ3n) is 5.58. The van der Waals surface area contributed by atoms with Crippen LogP contribution in [0, 0.1) is 6.92 Å². The van der Waals surface area contributed by atoms with Crippen LogP contribution >= 0.6 is 11.3 Å². The summed E-state index contributed by atoms with van der Waals surface area (Å²) in [4.78, 5) is 25.1. The van der Waals surface area contributed by atoms with E-state index in [0.717, 1.165) is 40.9 Å². The molecule has 3 aromatic rings. The average Bonchev–Trinajstić information content (AvgIpc) is 3.09. The number of aromatic nitrogens is 2. The molecule has 0 saturated heterocycles. The topological polar surface area (TPSA) is 67.3 Å². The number of carbonyl (C=O) groups is 1. The minimum absolute atomic E-state index is 0.00323. The minimum atomic E-state index is -0.00323. The molecule has 6 nitrogen and oxygen atoms in total. The van der Waals surface area contributed by atoms with Gasteiger partial charge in [0.25, 0.3) is 5.91 Å². The summed E-state index contributed by atoms with van der Waals surface area (Å²) in [7, 11) is 3.44. The number of nitrogens with zero attached hydrogens (tertiary/aromatic N) is 3. The Morgan fingerprint density at radius 1 is 1.34 bits per heavy atom. The van der Waals surface area contributed by atoms with Gasteiger partial charge in [0.15, 0.2) is 0 Å².